The van der Waals surface area contributed by atoms with Gasteiger partial charge in [0.15, 0.2) is 5.82 Å². The van der Waals surface area contributed by atoms with Gasteiger partial charge in [-0.3, -0.25) is 4.90 Å². The van der Waals surface area contributed by atoms with E-state index in [1.807, 2.05) is 38.1 Å². The lowest BCUT2D eigenvalue weighted by Crippen LogP contribution is -2.38. The number of aliphatic hydroxyl groups excluding tert-OH is 1. The molecule has 0 bridgehead atoms. The van der Waals surface area contributed by atoms with Gasteiger partial charge in [-0.25, -0.2) is 4.98 Å². The Kier molecular flexibility index (Phi) is 5.52. The molecule has 0 unspecified atom stereocenters. The Bertz CT molecular complexity index is 929. The van der Waals surface area contributed by atoms with Crippen LogP contribution in [0.15, 0.2) is 24.3 Å². The molecule has 1 saturated heterocycles. The first kappa shape index (κ1) is 19.2. The highest BCUT2D eigenvalue weighted by atomic mass is 32.1. The van der Waals surface area contributed by atoms with Gasteiger partial charge in [-0.05, 0) is 37.5 Å². The van der Waals surface area contributed by atoms with E-state index in [0.29, 0.717) is 11.6 Å². The van der Waals surface area contributed by atoms with Crippen LogP contribution in [0.4, 0.5) is 0 Å². The van der Waals surface area contributed by atoms with Crippen LogP contribution < -0.4 is 4.74 Å². The zero-order valence-electron chi connectivity index (χ0n) is 16.2. The SMILES string of the molecule is CCOc1ccc([C@H](c2sc3nc(CC)nn3c2O)N2CCC(O)CC2)cc1. The molecule has 0 spiro atoms. The summed E-state index contributed by atoms with van der Waals surface area (Å²) in [5, 5.41) is 25.3. The maximum Gasteiger partial charge on any atom is 0.230 e. The maximum atomic E-state index is 10.9. The van der Waals surface area contributed by atoms with Crippen LogP contribution in [0.5, 0.6) is 11.6 Å². The second-order valence-corrected chi connectivity index (χ2v) is 8.05. The first-order chi connectivity index (χ1) is 13.6. The van der Waals surface area contributed by atoms with Gasteiger partial charge in [-0.2, -0.15) is 4.52 Å². The van der Waals surface area contributed by atoms with E-state index >= 15 is 0 Å². The van der Waals surface area contributed by atoms with Crippen molar-refractivity contribution in [2.24, 2.45) is 0 Å². The second kappa shape index (κ2) is 8.06. The monoisotopic (exact) mass is 402 g/mol. The van der Waals surface area contributed by atoms with Crippen LogP contribution in [0.2, 0.25) is 0 Å². The highest BCUT2D eigenvalue weighted by Crippen LogP contribution is 2.41. The number of benzene rings is 1. The molecule has 2 aromatic heterocycles. The fraction of sp³-hybridized carbons (Fsp3) is 0.500. The van der Waals surface area contributed by atoms with Gasteiger partial charge in [0, 0.05) is 19.5 Å². The Morgan fingerprint density at radius 2 is 1.93 bits per heavy atom. The molecule has 1 aromatic carbocycles. The van der Waals surface area contributed by atoms with Crippen molar-refractivity contribution in [1.29, 1.82) is 0 Å². The van der Waals surface area contributed by atoms with E-state index in [-0.39, 0.29) is 18.0 Å². The van der Waals surface area contributed by atoms with E-state index in [1.54, 1.807) is 4.52 Å². The maximum absolute atomic E-state index is 10.9. The number of fused-ring (bicyclic) bond motifs is 1. The van der Waals surface area contributed by atoms with E-state index in [0.717, 1.165) is 54.4 Å². The third-order valence-corrected chi connectivity index (χ3v) is 6.25. The molecule has 1 aliphatic rings. The third kappa shape index (κ3) is 3.59. The van der Waals surface area contributed by atoms with Gasteiger partial charge in [-0.1, -0.05) is 30.4 Å². The lowest BCUT2D eigenvalue weighted by atomic mass is 9.99. The number of piperidine rings is 1. The summed E-state index contributed by atoms with van der Waals surface area (Å²) in [5.41, 5.74) is 1.08. The molecule has 0 radical (unpaired) electrons. The molecular weight excluding hydrogens is 376 g/mol. The van der Waals surface area contributed by atoms with Crippen LogP contribution >= 0.6 is 11.3 Å². The molecule has 0 saturated carbocycles. The second-order valence-electron chi connectivity index (χ2n) is 7.04. The zero-order valence-corrected chi connectivity index (χ0v) is 17.0. The topological polar surface area (TPSA) is 83.1 Å². The lowest BCUT2D eigenvalue weighted by Gasteiger charge is -2.36. The summed E-state index contributed by atoms with van der Waals surface area (Å²) < 4.78 is 7.11. The Hall–Kier alpha value is -2.16. The fourth-order valence-electron chi connectivity index (χ4n) is 3.70. The first-order valence-electron chi connectivity index (χ1n) is 9.82. The minimum atomic E-state index is -0.250. The number of rotatable bonds is 6. The van der Waals surface area contributed by atoms with Crippen molar-refractivity contribution >= 4 is 16.3 Å². The van der Waals surface area contributed by atoms with Gasteiger partial charge < -0.3 is 14.9 Å². The van der Waals surface area contributed by atoms with Crippen molar-refractivity contribution < 1.29 is 14.9 Å². The molecule has 28 heavy (non-hydrogen) atoms. The summed E-state index contributed by atoms with van der Waals surface area (Å²) in [5.74, 6) is 1.71. The predicted octanol–water partition coefficient (Wildman–Crippen LogP) is 3.00. The van der Waals surface area contributed by atoms with Crippen LogP contribution in [-0.4, -0.2) is 55.5 Å². The van der Waals surface area contributed by atoms with E-state index in [9.17, 15) is 10.2 Å². The lowest BCUT2D eigenvalue weighted by molar-refractivity contribution is 0.0689. The number of nitrogens with zero attached hydrogens (tertiary/aromatic N) is 4. The molecule has 3 aromatic rings. The molecule has 0 aliphatic carbocycles. The number of thiazole rings is 1. The van der Waals surface area contributed by atoms with E-state index < -0.39 is 0 Å². The predicted molar refractivity (Wildman–Crippen MR) is 108 cm³/mol. The Balaban J connectivity index is 1.74. The van der Waals surface area contributed by atoms with Crippen molar-refractivity contribution in [3.63, 3.8) is 0 Å². The van der Waals surface area contributed by atoms with Crippen molar-refractivity contribution in [2.75, 3.05) is 19.7 Å². The van der Waals surface area contributed by atoms with Gasteiger partial charge in [0.1, 0.15) is 5.75 Å². The molecule has 1 atom stereocenters. The summed E-state index contributed by atoms with van der Waals surface area (Å²) in [6, 6.07) is 7.92. The number of hydrogen-bond acceptors (Lipinski definition) is 7. The molecule has 1 fully saturated rings. The Morgan fingerprint density at radius 3 is 2.54 bits per heavy atom. The van der Waals surface area contributed by atoms with E-state index in [1.165, 1.54) is 11.3 Å². The Morgan fingerprint density at radius 1 is 1.21 bits per heavy atom. The summed E-state index contributed by atoms with van der Waals surface area (Å²) in [6.07, 6.45) is 1.94. The third-order valence-electron chi connectivity index (χ3n) is 5.18. The van der Waals surface area contributed by atoms with Crippen molar-refractivity contribution in [3.8, 4) is 11.6 Å². The number of aromatic nitrogens is 3. The number of ether oxygens (including phenoxy) is 1. The molecule has 2 N–H and O–H groups in total. The number of hydrogen-bond donors (Lipinski definition) is 2. The fourth-order valence-corrected chi connectivity index (χ4v) is 4.84. The average molecular weight is 403 g/mol. The van der Waals surface area contributed by atoms with Crippen LogP contribution in [0.25, 0.3) is 4.96 Å². The number of aromatic hydroxyl groups is 1. The van der Waals surface area contributed by atoms with Gasteiger partial charge in [0.2, 0.25) is 10.8 Å². The average Bonchev–Trinajstić information content (AvgIpc) is 3.24. The number of aryl methyl sites for hydroxylation is 1. The van der Waals surface area contributed by atoms with Gasteiger partial charge in [0.25, 0.3) is 0 Å². The molecular formula is C20H26N4O3S. The van der Waals surface area contributed by atoms with Crippen molar-refractivity contribution in [1.82, 2.24) is 19.5 Å². The van der Waals surface area contributed by atoms with E-state index in [4.69, 9.17) is 4.74 Å². The molecule has 150 valence electrons. The quantitative estimate of drug-likeness (QED) is 0.660. The minimum absolute atomic E-state index is 0.109. The highest BCUT2D eigenvalue weighted by Gasteiger charge is 2.31. The molecule has 3 heterocycles. The number of likely N-dealkylation sites (tertiary alicyclic amines) is 1. The molecule has 4 rings (SSSR count). The van der Waals surface area contributed by atoms with Gasteiger partial charge in [-0.15, -0.1) is 5.10 Å². The van der Waals surface area contributed by atoms with Crippen molar-refractivity contribution in [3.05, 3.63) is 40.5 Å². The highest BCUT2D eigenvalue weighted by molar-refractivity contribution is 7.17. The zero-order chi connectivity index (χ0) is 19.7. The van der Waals surface area contributed by atoms with Crippen LogP contribution in [0.3, 0.4) is 0 Å². The van der Waals surface area contributed by atoms with Crippen molar-refractivity contribution in [2.45, 2.75) is 45.3 Å². The smallest absolute Gasteiger partial charge is 0.230 e. The Labute approximate surface area is 168 Å². The minimum Gasteiger partial charge on any atom is -0.494 e. The molecule has 1 aliphatic heterocycles. The number of aliphatic hydroxyl groups is 1. The first-order valence-corrected chi connectivity index (χ1v) is 10.6. The summed E-state index contributed by atoms with van der Waals surface area (Å²) in [4.78, 5) is 8.37. The van der Waals surface area contributed by atoms with Crippen LogP contribution in [0, 0.1) is 0 Å². The molecule has 7 nitrogen and oxygen atoms in total. The van der Waals surface area contributed by atoms with Crippen LogP contribution in [-0.2, 0) is 6.42 Å². The summed E-state index contributed by atoms with van der Waals surface area (Å²) >= 11 is 1.48. The van der Waals surface area contributed by atoms with E-state index in [2.05, 4.69) is 15.0 Å². The standard InChI is InChI=1S/C20H26N4O3S/c1-3-16-21-20-24(22-16)19(26)18(28-20)17(23-11-9-14(25)10-12-23)13-5-7-15(8-6-13)27-4-2/h5-8,14,17,25-26H,3-4,9-12H2,1-2H3/t17-/m1/s1. The molecule has 0 amide bonds. The van der Waals surface area contributed by atoms with Gasteiger partial charge >= 0.3 is 0 Å². The van der Waals surface area contributed by atoms with Crippen LogP contribution in [0.1, 0.15) is 49.0 Å². The van der Waals surface area contributed by atoms with Gasteiger partial charge in [0.05, 0.1) is 23.6 Å². The normalized spacial score (nSPS) is 17.2. The largest absolute Gasteiger partial charge is 0.494 e. The summed E-state index contributed by atoms with van der Waals surface area (Å²) in [7, 11) is 0. The molecule has 8 heteroatoms. The summed E-state index contributed by atoms with van der Waals surface area (Å²) in [6.45, 7) is 6.13.